The molecular formula is C18H26FNO2. The fraction of sp³-hybridized carbons (Fsp3) is 0.667. The summed E-state index contributed by atoms with van der Waals surface area (Å²) in [6, 6.07) is 4.96. The van der Waals surface area contributed by atoms with Crippen molar-refractivity contribution in [1.29, 1.82) is 0 Å². The van der Waals surface area contributed by atoms with Gasteiger partial charge in [0.2, 0.25) is 0 Å². The van der Waals surface area contributed by atoms with Crippen molar-refractivity contribution in [1.82, 2.24) is 0 Å². The number of ether oxygens (including phenoxy) is 1. The maximum Gasteiger partial charge on any atom is 0.146 e. The van der Waals surface area contributed by atoms with E-state index < -0.39 is 6.10 Å². The number of nitrogens with zero attached hydrogens (tertiary/aromatic N) is 1. The maximum atomic E-state index is 14.3. The van der Waals surface area contributed by atoms with Crippen molar-refractivity contribution in [2.45, 2.75) is 51.7 Å². The van der Waals surface area contributed by atoms with Crippen molar-refractivity contribution < 1.29 is 14.2 Å². The van der Waals surface area contributed by atoms with E-state index >= 15 is 0 Å². The summed E-state index contributed by atoms with van der Waals surface area (Å²) in [7, 11) is 0. The number of para-hydroxylation sites is 1. The molecule has 1 aromatic carbocycles. The van der Waals surface area contributed by atoms with Crippen LogP contribution < -0.4 is 4.90 Å². The van der Waals surface area contributed by atoms with Crippen LogP contribution in [0.1, 0.15) is 51.7 Å². The molecular weight excluding hydrogens is 281 g/mol. The van der Waals surface area contributed by atoms with Gasteiger partial charge in [0.15, 0.2) is 0 Å². The van der Waals surface area contributed by atoms with Crippen molar-refractivity contribution in [2.75, 3.05) is 24.6 Å². The maximum absolute atomic E-state index is 14.3. The molecule has 1 unspecified atom stereocenters. The molecule has 2 fully saturated rings. The highest BCUT2D eigenvalue weighted by Crippen LogP contribution is 2.47. The van der Waals surface area contributed by atoms with Crippen LogP contribution in [0.3, 0.4) is 0 Å². The fourth-order valence-corrected chi connectivity index (χ4v) is 4.08. The third-order valence-electron chi connectivity index (χ3n) is 5.18. The van der Waals surface area contributed by atoms with Crippen molar-refractivity contribution >= 4 is 5.69 Å². The second-order valence-electron chi connectivity index (χ2n) is 7.57. The van der Waals surface area contributed by atoms with Gasteiger partial charge in [-0.3, -0.25) is 0 Å². The van der Waals surface area contributed by atoms with E-state index in [4.69, 9.17) is 4.74 Å². The lowest BCUT2D eigenvalue weighted by molar-refractivity contribution is 0.0295. The first-order valence-electron chi connectivity index (χ1n) is 8.17. The summed E-state index contributed by atoms with van der Waals surface area (Å²) < 4.78 is 20.2. The molecule has 1 atom stereocenters. The Labute approximate surface area is 132 Å². The van der Waals surface area contributed by atoms with Gasteiger partial charge in [0.05, 0.1) is 24.0 Å². The molecule has 0 bridgehead atoms. The molecule has 2 aliphatic rings. The summed E-state index contributed by atoms with van der Waals surface area (Å²) in [4.78, 5) is 2.09. The summed E-state index contributed by atoms with van der Waals surface area (Å²) in [5.74, 6) is -0.239. The molecule has 0 aliphatic carbocycles. The van der Waals surface area contributed by atoms with Crippen molar-refractivity contribution in [3.8, 4) is 0 Å². The molecule has 0 saturated carbocycles. The minimum atomic E-state index is -0.657. The van der Waals surface area contributed by atoms with Crippen LogP contribution in [0, 0.1) is 11.2 Å². The quantitative estimate of drug-likeness (QED) is 0.905. The van der Waals surface area contributed by atoms with Crippen molar-refractivity contribution in [3.05, 3.63) is 29.6 Å². The van der Waals surface area contributed by atoms with Crippen LogP contribution in [0.4, 0.5) is 10.1 Å². The molecule has 2 saturated heterocycles. The first kappa shape index (κ1) is 15.8. The average molecular weight is 307 g/mol. The summed E-state index contributed by atoms with van der Waals surface area (Å²) in [5.41, 5.74) is 1.46. The Morgan fingerprint density at radius 3 is 2.50 bits per heavy atom. The van der Waals surface area contributed by atoms with E-state index in [2.05, 4.69) is 18.7 Å². The normalized spacial score (nSPS) is 24.7. The van der Waals surface area contributed by atoms with E-state index in [0.717, 1.165) is 39.0 Å². The van der Waals surface area contributed by atoms with E-state index in [9.17, 15) is 9.50 Å². The second kappa shape index (κ2) is 5.50. The minimum Gasteiger partial charge on any atom is -0.389 e. The number of halogens is 1. The minimum absolute atomic E-state index is 0.0368. The molecule has 0 radical (unpaired) electrons. The summed E-state index contributed by atoms with van der Waals surface area (Å²) in [5, 5.41) is 9.92. The average Bonchev–Trinajstić information content (AvgIpc) is 2.75. The number of benzene rings is 1. The standard InChI is InChI=1S/C18H26FNO2/c1-13(21)14-5-4-6-15(19)16(14)20-9-7-18(8-10-20)11-17(2,3)22-12-18/h4-6,13,21H,7-12H2,1-3H3. The van der Waals surface area contributed by atoms with E-state index in [1.54, 1.807) is 13.0 Å². The number of rotatable bonds is 2. The highest BCUT2D eigenvalue weighted by molar-refractivity contribution is 5.56. The zero-order valence-electron chi connectivity index (χ0n) is 13.7. The van der Waals surface area contributed by atoms with Crippen LogP contribution >= 0.6 is 0 Å². The van der Waals surface area contributed by atoms with Crippen molar-refractivity contribution in [2.24, 2.45) is 5.41 Å². The number of piperidine rings is 1. The molecule has 1 N–H and O–H groups in total. The molecule has 3 nitrogen and oxygen atoms in total. The van der Waals surface area contributed by atoms with Crippen LogP contribution in [0.2, 0.25) is 0 Å². The van der Waals surface area contributed by atoms with E-state index in [-0.39, 0.29) is 16.8 Å². The topological polar surface area (TPSA) is 32.7 Å². The Kier molecular flexibility index (Phi) is 3.94. The molecule has 22 heavy (non-hydrogen) atoms. The molecule has 1 spiro atoms. The molecule has 122 valence electrons. The van der Waals surface area contributed by atoms with E-state index in [1.165, 1.54) is 6.07 Å². The van der Waals surface area contributed by atoms with Crippen molar-refractivity contribution in [3.63, 3.8) is 0 Å². The second-order valence-corrected chi connectivity index (χ2v) is 7.57. The summed E-state index contributed by atoms with van der Waals surface area (Å²) in [6.07, 6.45) is 2.46. The Balaban J connectivity index is 1.78. The highest BCUT2D eigenvalue weighted by Gasteiger charge is 2.46. The van der Waals surface area contributed by atoms with Gasteiger partial charge < -0.3 is 14.7 Å². The number of aliphatic hydroxyl groups is 1. The van der Waals surface area contributed by atoms with Gasteiger partial charge >= 0.3 is 0 Å². The molecule has 3 rings (SSSR count). The van der Waals surface area contributed by atoms with E-state index in [1.807, 2.05) is 6.07 Å². The third kappa shape index (κ3) is 2.86. The monoisotopic (exact) mass is 307 g/mol. The van der Waals surface area contributed by atoms with Gasteiger partial charge in [-0.1, -0.05) is 12.1 Å². The number of hydrogen-bond donors (Lipinski definition) is 1. The van der Waals surface area contributed by atoms with E-state index in [0.29, 0.717) is 11.3 Å². The largest absolute Gasteiger partial charge is 0.389 e. The Morgan fingerprint density at radius 1 is 1.27 bits per heavy atom. The molecule has 1 aromatic rings. The Hall–Kier alpha value is -1.13. The van der Waals surface area contributed by atoms with Gasteiger partial charge in [-0.25, -0.2) is 4.39 Å². The summed E-state index contributed by atoms with van der Waals surface area (Å²) >= 11 is 0. The Bertz CT molecular complexity index is 548. The smallest absolute Gasteiger partial charge is 0.146 e. The van der Waals surface area contributed by atoms with Gasteiger partial charge in [-0.05, 0) is 51.5 Å². The summed E-state index contributed by atoms with van der Waals surface area (Å²) in [6.45, 7) is 8.44. The predicted molar refractivity (Wildman–Crippen MR) is 85.6 cm³/mol. The van der Waals surface area contributed by atoms with Crippen LogP contribution in [-0.2, 0) is 4.74 Å². The zero-order valence-corrected chi connectivity index (χ0v) is 13.7. The molecule has 0 aromatic heterocycles. The molecule has 2 aliphatic heterocycles. The Morgan fingerprint density at radius 2 is 1.95 bits per heavy atom. The van der Waals surface area contributed by atoms with Crippen LogP contribution in [-0.4, -0.2) is 30.4 Å². The van der Waals surface area contributed by atoms with Crippen LogP contribution in [0.15, 0.2) is 18.2 Å². The lowest BCUT2D eigenvalue weighted by Gasteiger charge is -2.40. The number of aliphatic hydroxyl groups excluding tert-OH is 1. The first-order valence-corrected chi connectivity index (χ1v) is 8.17. The molecule has 2 heterocycles. The van der Waals surface area contributed by atoms with Gasteiger partial charge in [-0.15, -0.1) is 0 Å². The number of anilines is 1. The SMILES string of the molecule is CC(O)c1cccc(F)c1N1CCC2(CC1)COC(C)(C)C2. The third-order valence-corrected chi connectivity index (χ3v) is 5.18. The predicted octanol–water partition coefficient (Wildman–Crippen LogP) is 3.66. The van der Waals surface area contributed by atoms with Crippen LogP contribution in [0.25, 0.3) is 0 Å². The lowest BCUT2D eigenvalue weighted by atomic mass is 9.74. The first-order chi connectivity index (χ1) is 10.3. The van der Waals surface area contributed by atoms with Crippen LogP contribution in [0.5, 0.6) is 0 Å². The van der Waals surface area contributed by atoms with Gasteiger partial charge in [0, 0.05) is 18.7 Å². The van der Waals surface area contributed by atoms with Gasteiger partial charge in [0.1, 0.15) is 5.82 Å². The molecule has 0 amide bonds. The fourth-order valence-electron chi connectivity index (χ4n) is 4.08. The number of hydrogen-bond acceptors (Lipinski definition) is 3. The zero-order chi connectivity index (χ0) is 16.0. The van der Waals surface area contributed by atoms with Gasteiger partial charge in [-0.2, -0.15) is 0 Å². The lowest BCUT2D eigenvalue weighted by Crippen LogP contribution is -2.41. The highest BCUT2D eigenvalue weighted by atomic mass is 19.1. The van der Waals surface area contributed by atoms with Gasteiger partial charge in [0.25, 0.3) is 0 Å². The molecule has 4 heteroatoms.